The summed E-state index contributed by atoms with van der Waals surface area (Å²) in [5, 5.41) is 0. The zero-order valence-electron chi connectivity index (χ0n) is 11.7. The summed E-state index contributed by atoms with van der Waals surface area (Å²) in [6, 6.07) is 6.30. The summed E-state index contributed by atoms with van der Waals surface area (Å²) in [4.78, 5) is 9.15. The SMILES string of the molecule is Cc1ccc(C)c(-c2nc(N)c(I)c(C(C)C)n2)c1. The van der Waals surface area contributed by atoms with Gasteiger partial charge in [0.25, 0.3) is 0 Å². The Labute approximate surface area is 127 Å². The zero-order valence-corrected chi connectivity index (χ0v) is 13.8. The molecule has 0 unspecified atom stereocenters. The van der Waals surface area contributed by atoms with E-state index in [0.717, 1.165) is 20.7 Å². The third-order valence-corrected chi connectivity index (χ3v) is 4.19. The molecule has 2 aromatic rings. The molecule has 0 radical (unpaired) electrons. The minimum atomic E-state index is 0.334. The van der Waals surface area contributed by atoms with E-state index < -0.39 is 0 Å². The van der Waals surface area contributed by atoms with Gasteiger partial charge >= 0.3 is 0 Å². The Bertz CT molecular complexity index is 621. The summed E-state index contributed by atoms with van der Waals surface area (Å²) in [5.74, 6) is 1.62. The molecule has 1 heterocycles. The fourth-order valence-corrected chi connectivity index (χ4v) is 2.83. The van der Waals surface area contributed by atoms with Crippen LogP contribution in [0.5, 0.6) is 0 Å². The molecule has 2 rings (SSSR count). The van der Waals surface area contributed by atoms with Crippen molar-refractivity contribution in [2.75, 3.05) is 5.73 Å². The largest absolute Gasteiger partial charge is 0.383 e. The number of halogens is 1. The summed E-state index contributed by atoms with van der Waals surface area (Å²) in [6.07, 6.45) is 0. The van der Waals surface area contributed by atoms with E-state index in [-0.39, 0.29) is 0 Å². The van der Waals surface area contributed by atoms with Crippen molar-refractivity contribution in [1.29, 1.82) is 0 Å². The molecule has 0 atom stereocenters. The van der Waals surface area contributed by atoms with E-state index in [1.165, 1.54) is 11.1 Å². The molecule has 0 saturated carbocycles. The molecule has 0 amide bonds. The van der Waals surface area contributed by atoms with Crippen molar-refractivity contribution in [3.05, 3.63) is 38.6 Å². The molecule has 0 spiro atoms. The van der Waals surface area contributed by atoms with Crippen molar-refractivity contribution >= 4 is 28.4 Å². The fourth-order valence-electron chi connectivity index (χ4n) is 1.96. The average molecular weight is 367 g/mol. The zero-order chi connectivity index (χ0) is 14.2. The van der Waals surface area contributed by atoms with Gasteiger partial charge in [0, 0.05) is 5.56 Å². The lowest BCUT2D eigenvalue weighted by molar-refractivity contribution is 0.810. The van der Waals surface area contributed by atoms with Crippen LogP contribution in [0.1, 0.15) is 36.6 Å². The Hall–Kier alpha value is -1.17. The van der Waals surface area contributed by atoms with E-state index in [2.05, 4.69) is 73.5 Å². The highest BCUT2D eigenvalue weighted by Crippen LogP contribution is 2.28. The Kier molecular flexibility index (Phi) is 4.08. The number of hydrogen-bond donors (Lipinski definition) is 1. The average Bonchev–Trinajstić information content (AvgIpc) is 2.35. The van der Waals surface area contributed by atoms with Crippen LogP contribution in [-0.2, 0) is 0 Å². The predicted octanol–water partition coefficient (Wildman–Crippen LogP) is 4.07. The van der Waals surface area contributed by atoms with Crippen LogP contribution in [0.2, 0.25) is 0 Å². The van der Waals surface area contributed by atoms with Gasteiger partial charge in [-0.2, -0.15) is 0 Å². The molecular weight excluding hydrogens is 349 g/mol. The molecule has 1 aromatic heterocycles. The monoisotopic (exact) mass is 367 g/mol. The second-order valence-electron chi connectivity index (χ2n) is 5.10. The molecule has 0 aliphatic rings. The van der Waals surface area contributed by atoms with Gasteiger partial charge in [0.15, 0.2) is 5.82 Å². The quantitative estimate of drug-likeness (QED) is 0.815. The number of aryl methyl sites for hydroxylation is 2. The Morgan fingerprint density at radius 2 is 1.84 bits per heavy atom. The van der Waals surface area contributed by atoms with E-state index in [9.17, 15) is 0 Å². The Morgan fingerprint density at radius 1 is 1.16 bits per heavy atom. The summed E-state index contributed by atoms with van der Waals surface area (Å²) < 4.78 is 0.960. The van der Waals surface area contributed by atoms with E-state index in [0.29, 0.717) is 11.7 Å². The standard InChI is InChI=1S/C15H18IN3/c1-8(2)13-12(16)14(17)19-15(18-13)11-7-9(3)5-6-10(11)4/h5-8H,1-4H3,(H2,17,18,19). The van der Waals surface area contributed by atoms with Crippen molar-refractivity contribution in [3.8, 4) is 11.4 Å². The molecule has 3 nitrogen and oxygen atoms in total. The lowest BCUT2D eigenvalue weighted by Crippen LogP contribution is -2.07. The summed E-state index contributed by atoms with van der Waals surface area (Å²) in [7, 11) is 0. The first kappa shape index (κ1) is 14.2. The highest BCUT2D eigenvalue weighted by atomic mass is 127. The van der Waals surface area contributed by atoms with Crippen LogP contribution in [0.25, 0.3) is 11.4 Å². The maximum Gasteiger partial charge on any atom is 0.162 e. The second-order valence-corrected chi connectivity index (χ2v) is 6.18. The topological polar surface area (TPSA) is 51.8 Å². The molecule has 0 aliphatic carbocycles. The number of aromatic nitrogens is 2. The maximum absolute atomic E-state index is 6.03. The summed E-state index contributed by atoms with van der Waals surface area (Å²) >= 11 is 2.22. The molecule has 100 valence electrons. The molecule has 2 N–H and O–H groups in total. The van der Waals surface area contributed by atoms with Crippen LogP contribution in [0.4, 0.5) is 5.82 Å². The smallest absolute Gasteiger partial charge is 0.162 e. The number of nitrogen functional groups attached to an aromatic ring is 1. The summed E-state index contributed by atoms with van der Waals surface area (Å²) in [5.41, 5.74) is 10.5. The minimum Gasteiger partial charge on any atom is -0.383 e. The van der Waals surface area contributed by atoms with E-state index >= 15 is 0 Å². The lowest BCUT2D eigenvalue weighted by atomic mass is 10.0. The number of benzene rings is 1. The van der Waals surface area contributed by atoms with E-state index in [1.54, 1.807) is 0 Å². The number of hydrogen-bond acceptors (Lipinski definition) is 3. The normalized spacial score (nSPS) is 11.1. The third-order valence-electron chi connectivity index (χ3n) is 3.08. The Balaban J connectivity index is 2.66. The van der Waals surface area contributed by atoms with Crippen molar-refractivity contribution in [2.24, 2.45) is 0 Å². The van der Waals surface area contributed by atoms with E-state index in [4.69, 9.17) is 10.7 Å². The van der Waals surface area contributed by atoms with Crippen molar-refractivity contribution in [1.82, 2.24) is 9.97 Å². The maximum atomic E-state index is 6.03. The van der Waals surface area contributed by atoms with Crippen LogP contribution in [0.15, 0.2) is 18.2 Å². The highest BCUT2D eigenvalue weighted by Gasteiger charge is 2.15. The van der Waals surface area contributed by atoms with Gasteiger partial charge in [-0.15, -0.1) is 0 Å². The first-order chi connectivity index (χ1) is 8.90. The number of nitrogens with two attached hydrogens (primary N) is 1. The van der Waals surface area contributed by atoms with Crippen LogP contribution in [0.3, 0.4) is 0 Å². The molecule has 1 aromatic carbocycles. The van der Waals surface area contributed by atoms with Gasteiger partial charge in [-0.05, 0) is 54.0 Å². The first-order valence-corrected chi connectivity index (χ1v) is 7.38. The second kappa shape index (κ2) is 5.45. The van der Waals surface area contributed by atoms with Crippen LogP contribution >= 0.6 is 22.6 Å². The van der Waals surface area contributed by atoms with E-state index in [1.807, 2.05) is 0 Å². The van der Waals surface area contributed by atoms with Crippen LogP contribution in [0, 0.1) is 17.4 Å². The van der Waals surface area contributed by atoms with Gasteiger partial charge < -0.3 is 5.73 Å². The highest BCUT2D eigenvalue weighted by molar-refractivity contribution is 14.1. The molecule has 4 heteroatoms. The minimum absolute atomic E-state index is 0.334. The predicted molar refractivity (Wildman–Crippen MR) is 88.2 cm³/mol. The van der Waals surface area contributed by atoms with Crippen molar-refractivity contribution in [3.63, 3.8) is 0 Å². The molecule has 0 bridgehead atoms. The fraction of sp³-hybridized carbons (Fsp3) is 0.333. The third kappa shape index (κ3) is 2.88. The summed E-state index contributed by atoms with van der Waals surface area (Å²) in [6.45, 7) is 8.39. The molecule has 0 aliphatic heterocycles. The van der Waals surface area contributed by atoms with Gasteiger partial charge in [-0.3, -0.25) is 0 Å². The lowest BCUT2D eigenvalue weighted by Gasteiger charge is -2.13. The van der Waals surface area contributed by atoms with Gasteiger partial charge in [-0.25, -0.2) is 9.97 Å². The number of anilines is 1. The van der Waals surface area contributed by atoms with Crippen molar-refractivity contribution < 1.29 is 0 Å². The molecule has 0 saturated heterocycles. The number of rotatable bonds is 2. The van der Waals surface area contributed by atoms with Gasteiger partial charge in [0.05, 0.1) is 9.26 Å². The van der Waals surface area contributed by atoms with Crippen molar-refractivity contribution in [2.45, 2.75) is 33.6 Å². The number of nitrogens with zero attached hydrogens (tertiary/aromatic N) is 2. The van der Waals surface area contributed by atoms with Crippen LogP contribution in [-0.4, -0.2) is 9.97 Å². The molecule has 19 heavy (non-hydrogen) atoms. The molecule has 0 fully saturated rings. The molecular formula is C15H18IN3. The van der Waals surface area contributed by atoms with Gasteiger partial charge in [0.2, 0.25) is 0 Å². The van der Waals surface area contributed by atoms with Gasteiger partial charge in [-0.1, -0.05) is 31.5 Å². The van der Waals surface area contributed by atoms with Crippen LogP contribution < -0.4 is 5.73 Å². The first-order valence-electron chi connectivity index (χ1n) is 6.30. The Morgan fingerprint density at radius 3 is 2.47 bits per heavy atom. The van der Waals surface area contributed by atoms with Gasteiger partial charge in [0.1, 0.15) is 5.82 Å².